The van der Waals surface area contributed by atoms with Gasteiger partial charge in [0.2, 0.25) is 5.91 Å². The molecule has 0 unspecified atom stereocenters. The number of benzene rings is 2. The van der Waals surface area contributed by atoms with Crippen molar-refractivity contribution >= 4 is 33.3 Å². The van der Waals surface area contributed by atoms with Crippen molar-refractivity contribution in [2.75, 3.05) is 5.32 Å². The Morgan fingerprint density at radius 3 is 2.18 bits per heavy atom. The highest BCUT2D eigenvalue weighted by Gasteiger charge is 2.09. The summed E-state index contributed by atoms with van der Waals surface area (Å²) < 4.78 is 0.928. The van der Waals surface area contributed by atoms with E-state index < -0.39 is 0 Å². The molecule has 2 aromatic rings. The maximum absolute atomic E-state index is 12.0. The van der Waals surface area contributed by atoms with E-state index in [0.29, 0.717) is 5.56 Å². The minimum Gasteiger partial charge on any atom is -0.326 e. The molecule has 0 bridgehead atoms. The molecule has 0 aliphatic rings. The van der Waals surface area contributed by atoms with Crippen LogP contribution >= 0.6 is 15.9 Å². The molecule has 22 heavy (non-hydrogen) atoms. The number of carbonyl (C=O) groups excluding carboxylic acids is 2. The number of halogens is 1. The fourth-order valence-electron chi connectivity index (χ4n) is 2.05. The Kier molecular flexibility index (Phi) is 5.90. The van der Waals surface area contributed by atoms with Crippen LogP contribution in [0.5, 0.6) is 0 Å². The summed E-state index contributed by atoms with van der Waals surface area (Å²) in [6.07, 6.45) is 1.36. The standard InChI is InChI=1S/C18H18BrNO2/c1-2-13-3-9-16(10-4-13)20-18(22)12-11-17(21)14-5-7-15(19)8-6-14/h3-10H,2,11-12H2,1H3,(H,20,22). The van der Waals surface area contributed by atoms with Crippen LogP contribution in [0.25, 0.3) is 0 Å². The Morgan fingerprint density at radius 1 is 0.955 bits per heavy atom. The molecule has 2 rings (SSSR count). The van der Waals surface area contributed by atoms with Gasteiger partial charge in [-0.25, -0.2) is 0 Å². The molecule has 3 nitrogen and oxygen atoms in total. The normalized spacial score (nSPS) is 10.3. The van der Waals surface area contributed by atoms with Gasteiger partial charge in [-0.15, -0.1) is 0 Å². The van der Waals surface area contributed by atoms with Gasteiger partial charge in [0.05, 0.1) is 0 Å². The van der Waals surface area contributed by atoms with Crippen molar-refractivity contribution in [3.05, 3.63) is 64.1 Å². The number of amides is 1. The highest BCUT2D eigenvalue weighted by molar-refractivity contribution is 9.10. The smallest absolute Gasteiger partial charge is 0.224 e. The summed E-state index contributed by atoms with van der Waals surface area (Å²) in [5.74, 6) is -0.168. The highest BCUT2D eigenvalue weighted by Crippen LogP contribution is 2.14. The van der Waals surface area contributed by atoms with Crippen LogP contribution in [0.1, 0.15) is 35.7 Å². The molecule has 0 radical (unpaired) electrons. The van der Waals surface area contributed by atoms with Gasteiger partial charge in [0, 0.05) is 28.6 Å². The average Bonchev–Trinajstić information content (AvgIpc) is 2.54. The molecule has 1 N–H and O–H groups in total. The predicted octanol–water partition coefficient (Wildman–Crippen LogP) is 4.61. The minimum absolute atomic E-state index is 0.0241. The number of hydrogen-bond donors (Lipinski definition) is 1. The fraction of sp³-hybridized carbons (Fsp3) is 0.222. The van der Waals surface area contributed by atoms with Gasteiger partial charge < -0.3 is 5.32 Å². The Bertz CT molecular complexity index is 648. The van der Waals surface area contributed by atoms with Crippen LogP contribution in [0.3, 0.4) is 0 Å². The monoisotopic (exact) mass is 359 g/mol. The van der Waals surface area contributed by atoms with E-state index in [0.717, 1.165) is 16.6 Å². The molecule has 4 heteroatoms. The van der Waals surface area contributed by atoms with Crippen LogP contribution in [-0.4, -0.2) is 11.7 Å². The molecule has 0 saturated heterocycles. The van der Waals surface area contributed by atoms with Crippen LogP contribution in [0.4, 0.5) is 5.69 Å². The van der Waals surface area contributed by atoms with E-state index in [9.17, 15) is 9.59 Å². The first-order chi connectivity index (χ1) is 10.6. The van der Waals surface area contributed by atoms with Crippen molar-refractivity contribution in [1.82, 2.24) is 0 Å². The lowest BCUT2D eigenvalue weighted by Gasteiger charge is -2.06. The zero-order valence-corrected chi connectivity index (χ0v) is 14.0. The Morgan fingerprint density at radius 2 is 1.59 bits per heavy atom. The molecule has 0 aromatic heterocycles. The van der Waals surface area contributed by atoms with Gasteiger partial charge in [0.25, 0.3) is 0 Å². The topological polar surface area (TPSA) is 46.2 Å². The molecule has 0 spiro atoms. The number of hydrogen-bond acceptors (Lipinski definition) is 2. The lowest BCUT2D eigenvalue weighted by Crippen LogP contribution is -2.13. The van der Waals surface area contributed by atoms with Crippen molar-refractivity contribution in [1.29, 1.82) is 0 Å². The zero-order valence-electron chi connectivity index (χ0n) is 12.4. The summed E-state index contributed by atoms with van der Waals surface area (Å²) in [7, 11) is 0. The number of aryl methyl sites for hydroxylation is 1. The molecule has 114 valence electrons. The second kappa shape index (κ2) is 7.90. The van der Waals surface area contributed by atoms with Gasteiger partial charge in [-0.1, -0.05) is 47.1 Å². The van der Waals surface area contributed by atoms with Crippen molar-refractivity contribution in [2.24, 2.45) is 0 Å². The summed E-state index contributed by atoms with van der Waals surface area (Å²) in [4.78, 5) is 23.9. The summed E-state index contributed by atoms with van der Waals surface area (Å²) in [5, 5.41) is 2.81. The summed E-state index contributed by atoms with van der Waals surface area (Å²) >= 11 is 3.33. The van der Waals surface area contributed by atoms with E-state index in [-0.39, 0.29) is 24.5 Å². The van der Waals surface area contributed by atoms with Crippen LogP contribution < -0.4 is 5.32 Å². The number of Topliss-reactive ketones (excluding diaryl/α,β-unsaturated/α-hetero) is 1. The molecular formula is C18H18BrNO2. The van der Waals surface area contributed by atoms with E-state index in [2.05, 4.69) is 28.2 Å². The zero-order chi connectivity index (χ0) is 15.9. The largest absolute Gasteiger partial charge is 0.326 e. The molecule has 0 aliphatic carbocycles. The number of nitrogens with one attached hydrogen (secondary N) is 1. The third-order valence-corrected chi connectivity index (χ3v) is 3.92. The second-order valence-corrected chi connectivity index (χ2v) is 5.94. The van der Waals surface area contributed by atoms with Crippen LogP contribution in [-0.2, 0) is 11.2 Å². The fourth-order valence-corrected chi connectivity index (χ4v) is 2.32. The number of rotatable bonds is 6. The Hall–Kier alpha value is -1.94. The van der Waals surface area contributed by atoms with Gasteiger partial charge in [0.15, 0.2) is 5.78 Å². The van der Waals surface area contributed by atoms with Gasteiger partial charge in [-0.3, -0.25) is 9.59 Å². The molecule has 0 heterocycles. The maximum atomic E-state index is 12.0. The molecule has 2 aromatic carbocycles. The molecular weight excluding hydrogens is 342 g/mol. The van der Waals surface area contributed by atoms with Crippen molar-refractivity contribution in [2.45, 2.75) is 26.2 Å². The van der Waals surface area contributed by atoms with Gasteiger partial charge in [-0.05, 0) is 36.2 Å². The van der Waals surface area contributed by atoms with Crippen molar-refractivity contribution in [3.8, 4) is 0 Å². The van der Waals surface area contributed by atoms with Crippen LogP contribution in [0.15, 0.2) is 53.0 Å². The number of carbonyl (C=O) groups is 2. The Labute approximate surface area is 138 Å². The van der Waals surface area contributed by atoms with Gasteiger partial charge in [-0.2, -0.15) is 0 Å². The van der Waals surface area contributed by atoms with Gasteiger partial charge in [0.1, 0.15) is 0 Å². The molecule has 0 saturated carbocycles. The van der Waals surface area contributed by atoms with Crippen LogP contribution in [0, 0.1) is 0 Å². The van der Waals surface area contributed by atoms with E-state index in [4.69, 9.17) is 0 Å². The number of ketones is 1. The van der Waals surface area contributed by atoms with Gasteiger partial charge >= 0.3 is 0 Å². The minimum atomic E-state index is -0.144. The van der Waals surface area contributed by atoms with E-state index in [1.54, 1.807) is 12.1 Å². The van der Waals surface area contributed by atoms with E-state index >= 15 is 0 Å². The SMILES string of the molecule is CCc1ccc(NC(=O)CCC(=O)c2ccc(Br)cc2)cc1. The first-order valence-electron chi connectivity index (χ1n) is 7.26. The first-order valence-corrected chi connectivity index (χ1v) is 8.05. The lowest BCUT2D eigenvalue weighted by atomic mass is 10.1. The third kappa shape index (κ3) is 4.81. The van der Waals surface area contributed by atoms with Crippen LogP contribution in [0.2, 0.25) is 0 Å². The summed E-state index contributed by atoms with van der Waals surface area (Å²) in [5.41, 5.74) is 2.62. The van der Waals surface area contributed by atoms with E-state index in [1.165, 1.54) is 5.56 Å². The maximum Gasteiger partial charge on any atom is 0.224 e. The quantitative estimate of drug-likeness (QED) is 0.765. The molecule has 0 atom stereocenters. The Balaban J connectivity index is 1.84. The highest BCUT2D eigenvalue weighted by atomic mass is 79.9. The molecule has 1 amide bonds. The summed E-state index contributed by atoms with van der Waals surface area (Å²) in [6, 6.07) is 14.9. The number of anilines is 1. The average molecular weight is 360 g/mol. The second-order valence-electron chi connectivity index (χ2n) is 5.03. The summed E-state index contributed by atoms with van der Waals surface area (Å²) in [6.45, 7) is 2.08. The lowest BCUT2D eigenvalue weighted by molar-refractivity contribution is -0.116. The third-order valence-electron chi connectivity index (χ3n) is 3.39. The molecule has 0 fully saturated rings. The van der Waals surface area contributed by atoms with E-state index in [1.807, 2.05) is 36.4 Å². The van der Waals surface area contributed by atoms with Crippen molar-refractivity contribution in [3.63, 3.8) is 0 Å². The predicted molar refractivity (Wildman–Crippen MR) is 92.2 cm³/mol. The van der Waals surface area contributed by atoms with Crippen molar-refractivity contribution < 1.29 is 9.59 Å². The first kappa shape index (κ1) is 16.4. The molecule has 0 aliphatic heterocycles.